The Labute approximate surface area is 166 Å². The molecule has 7 nitrogen and oxygen atoms in total. The van der Waals surface area contributed by atoms with Crippen molar-refractivity contribution in [2.24, 2.45) is 0 Å². The highest BCUT2D eigenvalue weighted by molar-refractivity contribution is 6.33. The van der Waals surface area contributed by atoms with Gasteiger partial charge in [-0.15, -0.1) is 0 Å². The van der Waals surface area contributed by atoms with Crippen molar-refractivity contribution in [1.29, 1.82) is 0 Å². The number of aryl methyl sites for hydroxylation is 1. The van der Waals surface area contributed by atoms with Crippen LogP contribution < -0.4 is 5.32 Å². The van der Waals surface area contributed by atoms with Gasteiger partial charge in [-0.2, -0.15) is 0 Å². The van der Waals surface area contributed by atoms with Crippen molar-refractivity contribution >= 4 is 29.2 Å². The molecule has 0 spiro atoms. The Balaban J connectivity index is 1.67. The molecular weight excluding hydrogens is 384 g/mol. The van der Waals surface area contributed by atoms with Crippen LogP contribution in [0.2, 0.25) is 5.02 Å². The Morgan fingerprint density at radius 2 is 2.04 bits per heavy atom. The lowest BCUT2D eigenvalue weighted by atomic mass is 9.87. The molecule has 0 fully saturated rings. The van der Waals surface area contributed by atoms with Gasteiger partial charge >= 0.3 is 5.97 Å². The molecule has 8 heteroatoms. The van der Waals surface area contributed by atoms with Crippen molar-refractivity contribution in [2.75, 3.05) is 0 Å². The van der Waals surface area contributed by atoms with Crippen molar-refractivity contribution in [3.05, 3.63) is 74.3 Å². The summed E-state index contributed by atoms with van der Waals surface area (Å²) in [5.74, 6) is -1.32. The van der Waals surface area contributed by atoms with Crippen LogP contribution >= 0.6 is 11.6 Å². The molecule has 2 atom stereocenters. The average molecular weight is 403 g/mol. The van der Waals surface area contributed by atoms with Crippen LogP contribution in [0.3, 0.4) is 0 Å². The zero-order chi connectivity index (χ0) is 20.3. The summed E-state index contributed by atoms with van der Waals surface area (Å²) in [5.41, 5.74) is 1.83. The van der Waals surface area contributed by atoms with Gasteiger partial charge in [-0.05, 0) is 43.4 Å². The molecule has 0 saturated carbocycles. The molecule has 0 saturated heterocycles. The number of non-ortho nitro benzene ring substituents is 1. The number of nitrogens with zero attached hydrogens (tertiary/aromatic N) is 1. The van der Waals surface area contributed by atoms with Gasteiger partial charge in [0.2, 0.25) is 0 Å². The first-order valence-corrected chi connectivity index (χ1v) is 9.27. The number of carbonyl (C=O) groups is 2. The third kappa shape index (κ3) is 4.31. The molecule has 146 valence electrons. The van der Waals surface area contributed by atoms with Gasteiger partial charge in [0.15, 0.2) is 6.10 Å². The largest absolute Gasteiger partial charge is 0.449 e. The van der Waals surface area contributed by atoms with E-state index in [2.05, 4.69) is 5.32 Å². The Morgan fingerprint density at radius 1 is 1.29 bits per heavy atom. The number of amides is 1. The predicted octanol–water partition coefficient (Wildman–Crippen LogP) is 3.99. The number of nitro benzene ring substituents is 1. The minimum Gasteiger partial charge on any atom is -0.449 e. The first-order chi connectivity index (χ1) is 13.4. The minimum absolute atomic E-state index is 0.0180. The Hall–Kier alpha value is -2.93. The van der Waals surface area contributed by atoms with Crippen LogP contribution in [0.15, 0.2) is 42.5 Å². The number of carbonyl (C=O) groups excluding carboxylic acids is 2. The van der Waals surface area contributed by atoms with E-state index >= 15 is 0 Å². The van der Waals surface area contributed by atoms with E-state index in [1.54, 1.807) is 0 Å². The lowest BCUT2D eigenvalue weighted by Gasteiger charge is -2.27. The number of hydrogen-bond acceptors (Lipinski definition) is 5. The third-order valence-electron chi connectivity index (χ3n) is 4.72. The molecule has 28 heavy (non-hydrogen) atoms. The highest BCUT2D eigenvalue weighted by Gasteiger charge is 2.26. The molecule has 0 heterocycles. The number of rotatable bonds is 5. The van der Waals surface area contributed by atoms with E-state index in [1.165, 1.54) is 24.6 Å². The summed E-state index contributed by atoms with van der Waals surface area (Å²) in [6.07, 6.45) is 1.66. The summed E-state index contributed by atoms with van der Waals surface area (Å²) < 4.78 is 5.19. The van der Waals surface area contributed by atoms with Crippen LogP contribution in [0.5, 0.6) is 0 Å². The maximum absolute atomic E-state index is 12.5. The summed E-state index contributed by atoms with van der Waals surface area (Å²) in [5, 5.41) is 13.8. The lowest BCUT2D eigenvalue weighted by molar-refractivity contribution is -0.384. The van der Waals surface area contributed by atoms with Crippen LogP contribution in [0.25, 0.3) is 0 Å². The molecule has 1 amide bonds. The predicted molar refractivity (Wildman–Crippen MR) is 103 cm³/mol. The molecule has 0 radical (unpaired) electrons. The molecule has 2 aromatic carbocycles. The van der Waals surface area contributed by atoms with Gasteiger partial charge in [-0.3, -0.25) is 14.9 Å². The highest BCUT2D eigenvalue weighted by atomic mass is 35.5. The second-order valence-electron chi connectivity index (χ2n) is 6.62. The van der Waals surface area contributed by atoms with E-state index in [0.717, 1.165) is 30.9 Å². The van der Waals surface area contributed by atoms with Gasteiger partial charge in [0.25, 0.3) is 11.6 Å². The van der Waals surface area contributed by atoms with E-state index < -0.39 is 22.9 Å². The second-order valence-corrected chi connectivity index (χ2v) is 7.03. The number of esters is 1. The zero-order valence-electron chi connectivity index (χ0n) is 15.2. The van der Waals surface area contributed by atoms with Gasteiger partial charge in [-0.1, -0.05) is 35.9 Å². The van der Waals surface area contributed by atoms with Gasteiger partial charge in [-0.25, -0.2) is 4.79 Å². The summed E-state index contributed by atoms with van der Waals surface area (Å²) in [6, 6.07) is 11.3. The molecule has 1 aliphatic rings. The van der Waals surface area contributed by atoms with Gasteiger partial charge in [0.1, 0.15) is 0 Å². The minimum atomic E-state index is -1.07. The lowest BCUT2D eigenvalue weighted by Crippen LogP contribution is -2.39. The van der Waals surface area contributed by atoms with Crippen molar-refractivity contribution in [3.63, 3.8) is 0 Å². The van der Waals surface area contributed by atoms with Crippen LogP contribution in [0.1, 0.15) is 47.3 Å². The SMILES string of the molecule is C[C@@H](OC(=O)c1cc([N+](=O)[O-])ccc1Cl)C(=O)N[C@H]1CCCc2ccccc21. The van der Waals surface area contributed by atoms with E-state index in [4.69, 9.17) is 16.3 Å². The number of hydrogen-bond donors (Lipinski definition) is 1. The standard InChI is InChI=1S/C20H19ClN2O5/c1-12(28-20(25)16-11-14(23(26)27)9-10-17(16)21)19(24)22-18-8-4-6-13-5-2-3-7-15(13)18/h2-3,5,7,9-12,18H,4,6,8H2,1H3,(H,22,24)/t12-,18+/m1/s1. The quantitative estimate of drug-likeness (QED) is 0.463. The Kier molecular flexibility index (Phi) is 5.94. The van der Waals surface area contributed by atoms with Crippen LogP contribution in [-0.2, 0) is 16.0 Å². The summed E-state index contributed by atoms with van der Waals surface area (Å²) in [4.78, 5) is 35.1. The molecule has 1 aliphatic carbocycles. The van der Waals surface area contributed by atoms with Crippen LogP contribution in [0, 0.1) is 10.1 Å². The summed E-state index contributed by atoms with van der Waals surface area (Å²) in [7, 11) is 0. The first kappa shape index (κ1) is 19.8. The first-order valence-electron chi connectivity index (χ1n) is 8.90. The van der Waals surface area contributed by atoms with Crippen LogP contribution in [-0.4, -0.2) is 22.9 Å². The number of benzene rings is 2. The molecule has 0 aromatic heterocycles. The molecule has 0 aliphatic heterocycles. The van der Waals surface area contributed by atoms with Gasteiger partial charge in [0, 0.05) is 12.1 Å². The second kappa shape index (κ2) is 8.39. The Bertz CT molecular complexity index is 931. The van der Waals surface area contributed by atoms with E-state index in [-0.39, 0.29) is 22.3 Å². The van der Waals surface area contributed by atoms with Gasteiger partial charge < -0.3 is 10.1 Å². The fraction of sp³-hybridized carbons (Fsp3) is 0.300. The van der Waals surface area contributed by atoms with Crippen molar-refractivity contribution in [3.8, 4) is 0 Å². The van der Waals surface area contributed by atoms with E-state index in [1.807, 2.05) is 24.3 Å². The summed E-state index contributed by atoms with van der Waals surface area (Å²) >= 11 is 5.95. The third-order valence-corrected chi connectivity index (χ3v) is 5.05. The zero-order valence-corrected chi connectivity index (χ0v) is 15.9. The number of fused-ring (bicyclic) bond motifs is 1. The molecular formula is C20H19ClN2O5. The van der Waals surface area contributed by atoms with Crippen molar-refractivity contribution in [2.45, 2.75) is 38.3 Å². The van der Waals surface area contributed by atoms with E-state index in [9.17, 15) is 19.7 Å². The highest BCUT2D eigenvalue weighted by Crippen LogP contribution is 2.29. The maximum atomic E-state index is 12.5. The normalized spacial score (nSPS) is 16.6. The number of ether oxygens (including phenoxy) is 1. The van der Waals surface area contributed by atoms with E-state index in [0.29, 0.717) is 0 Å². The average Bonchev–Trinajstić information content (AvgIpc) is 2.68. The smallest absolute Gasteiger partial charge is 0.340 e. The molecule has 2 aromatic rings. The number of nitrogens with one attached hydrogen (secondary N) is 1. The monoisotopic (exact) mass is 402 g/mol. The summed E-state index contributed by atoms with van der Waals surface area (Å²) in [6.45, 7) is 1.45. The fourth-order valence-electron chi connectivity index (χ4n) is 3.25. The van der Waals surface area contributed by atoms with Crippen LogP contribution in [0.4, 0.5) is 5.69 Å². The fourth-order valence-corrected chi connectivity index (χ4v) is 3.45. The molecule has 3 rings (SSSR count). The molecule has 0 bridgehead atoms. The molecule has 0 unspecified atom stereocenters. The van der Waals surface area contributed by atoms with Crippen molar-refractivity contribution < 1.29 is 19.2 Å². The topological polar surface area (TPSA) is 98.5 Å². The van der Waals surface area contributed by atoms with Gasteiger partial charge in [0.05, 0.1) is 21.6 Å². The maximum Gasteiger partial charge on any atom is 0.340 e. The molecule has 1 N–H and O–H groups in total. The number of halogens is 1. The number of nitro groups is 1. The Morgan fingerprint density at radius 3 is 2.79 bits per heavy atom. The van der Waals surface area contributed by atoms with Crippen molar-refractivity contribution in [1.82, 2.24) is 5.32 Å².